The first kappa shape index (κ1) is 21.1. The molecule has 11 heteroatoms. The van der Waals surface area contributed by atoms with Gasteiger partial charge in [-0.25, -0.2) is 0 Å². The van der Waals surface area contributed by atoms with Crippen LogP contribution in [-0.4, -0.2) is 60.5 Å². The van der Waals surface area contributed by atoms with Crippen LogP contribution in [0.25, 0.3) is 0 Å². The Balaban J connectivity index is 1.88. The number of allylic oxidation sites excluding steroid dienone is 1. The Hall–Kier alpha value is -3.12. The zero-order valence-corrected chi connectivity index (χ0v) is 17.0. The van der Waals surface area contributed by atoms with E-state index in [-0.39, 0.29) is 41.8 Å². The predicted octanol–water partition coefficient (Wildman–Crippen LogP) is 1.14. The number of non-ortho nitro benzene ring substituents is 1. The summed E-state index contributed by atoms with van der Waals surface area (Å²) in [7, 11) is -4.30. The Morgan fingerprint density at radius 1 is 1.23 bits per heavy atom. The SMILES string of the molecule is O=[N+]([O-])c1cccc(S(=O)(=O)N=C2C=C3N(CCO)CCO[C@@]3(O)c3ccccc32)c1. The van der Waals surface area contributed by atoms with Gasteiger partial charge in [-0.3, -0.25) is 10.1 Å². The van der Waals surface area contributed by atoms with E-state index < -0.39 is 20.7 Å². The van der Waals surface area contributed by atoms with E-state index in [4.69, 9.17) is 4.74 Å². The van der Waals surface area contributed by atoms with Crippen molar-refractivity contribution in [3.8, 4) is 0 Å². The maximum absolute atomic E-state index is 12.9. The van der Waals surface area contributed by atoms with Gasteiger partial charge in [0.25, 0.3) is 15.7 Å². The van der Waals surface area contributed by atoms with Crippen LogP contribution in [0, 0.1) is 10.1 Å². The third-order valence-corrected chi connectivity index (χ3v) is 6.40. The number of morpholine rings is 1. The monoisotopic (exact) mass is 445 g/mol. The molecule has 0 aromatic heterocycles. The number of aliphatic hydroxyl groups excluding tert-OH is 1. The van der Waals surface area contributed by atoms with Gasteiger partial charge < -0.3 is 19.8 Å². The van der Waals surface area contributed by atoms with Crippen molar-refractivity contribution in [2.75, 3.05) is 26.3 Å². The summed E-state index contributed by atoms with van der Waals surface area (Å²) >= 11 is 0. The van der Waals surface area contributed by atoms with Gasteiger partial charge in [-0.1, -0.05) is 30.3 Å². The molecule has 1 atom stereocenters. The summed E-state index contributed by atoms with van der Waals surface area (Å²) in [6.45, 7) is 0.639. The standard InChI is InChI=1S/C20H19N3O7S/c24-10-8-22-9-11-30-20(25)17-7-2-1-6-16(17)18(13-19(20)22)21-31(28,29)15-5-3-4-14(12-15)23(26)27/h1-7,12-13,24-25H,8-11H2/t20-/m0/s1. The van der Waals surface area contributed by atoms with Crippen LogP contribution in [0.2, 0.25) is 0 Å². The molecule has 31 heavy (non-hydrogen) atoms. The Morgan fingerprint density at radius 3 is 2.74 bits per heavy atom. The van der Waals surface area contributed by atoms with Crippen LogP contribution in [-0.2, 0) is 20.5 Å². The number of rotatable bonds is 5. The molecule has 0 unspecified atom stereocenters. The van der Waals surface area contributed by atoms with Crippen molar-refractivity contribution in [3.63, 3.8) is 0 Å². The van der Waals surface area contributed by atoms with Crippen LogP contribution in [0.15, 0.2) is 69.6 Å². The lowest BCUT2D eigenvalue weighted by Gasteiger charge is -2.45. The molecule has 1 fully saturated rings. The van der Waals surface area contributed by atoms with Crippen LogP contribution in [0.5, 0.6) is 0 Å². The maximum atomic E-state index is 12.9. The van der Waals surface area contributed by atoms with Crippen LogP contribution in [0.3, 0.4) is 0 Å². The van der Waals surface area contributed by atoms with Crippen LogP contribution >= 0.6 is 0 Å². The van der Waals surface area contributed by atoms with Gasteiger partial charge in [0.05, 0.1) is 34.4 Å². The molecule has 0 radical (unpaired) electrons. The number of nitro benzene ring substituents is 1. The summed E-state index contributed by atoms with van der Waals surface area (Å²) in [6, 6.07) is 11.2. The molecule has 2 aromatic rings. The minimum absolute atomic E-state index is 0.0511. The first-order valence-corrected chi connectivity index (χ1v) is 10.8. The molecular weight excluding hydrogens is 426 g/mol. The third kappa shape index (κ3) is 3.72. The fraction of sp³-hybridized carbons (Fsp3) is 0.250. The number of fused-ring (bicyclic) bond motifs is 3. The minimum atomic E-state index is -4.30. The molecule has 0 saturated carbocycles. The Morgan fingerprint density at radius 2 is 2.00 bits per heavy atom. The van der Waals surface area contributed by atoms with Crippen molar-refractivity contribution in [1.29, 1.82) is 0 Å². The first-order valence-electron chi connectivity index (χ1n) is 9.40. The minimum Gasteiger partial charge on any atom is -0.395 e. The van der Waals surface area contributed by atoms with Gasteiger partial charge in [0.1, 0.15) is 0 Å². The van der Waals surface area contributed by atoms with E-state index in [1.54, 1.807) is 29.2 Å². The maximum Gasteiger partial charge on any atom is 0.283 e. The zero-order chi connectivity index (χ0) is 22.2. The summed E-state index contributed by atoms with van der Waals surface area (Å²) in [5.74, 6) is -1.81. The molecule has 2 aromatic carbocycles. The molecule has 4 rings (SSSR count). The van der Waals surface area contributed by atoms with Crippen molar-refractivity contribution < 1.29 is 28.3 Å². The van der Waals surface area contributed by atoms with E-state index in [2.05, 4.69) is 4.40 Å². The summed E-state index contributed by atoms with van der Waals surface area (Å²) in [5, 5.41) is 31.7. The number of benzene rings is 2. The second-order valence-electron chi connectivity index (χ2n) is 6.98. The average molecular weight is 445 g/mol. The number of hydrogen-bond acceptors (Lipinski definition) is 8. The van der Waals surface area contributed by atoms with Crippen molar-refractivity contribution in [1.82, 2.24) is 4.90 Å². The highest BCUT2D eigenvalue weighted by Gasteiger charge is 2.46. The van der Waals surface area contributed by atoms with E-state index in [1.807, 2.05) is 0 Å². The van der Waals surface area contributed by atoms with Crippen molar-refractivity contribution in [3.05, 3.63) is 81.5 Å². The molecule has 1 saturated heterocycles. The number of nitrogens with zero attached hydrogens (tertiary/aromatic N) is 3. The highest BCUT2D eigenvalue weighted by atomic mass is 32.2. The van der Waals surface area contributed by atoms with Crippen molar-refractivity contribution >= 4 is 21.4 Å². The van der Waals surface area contributed by atoms with Crippen LogP contribution in [0.1, 0.15) is 11.1 Å². The van der Waals surface area contributed by atoms with E-state index in [1.165, 1.54) is 24.3 Å². The quantitative estimate of drug-likeness (QED) is 0.515. The number of ether oxygens (including phenoxy) is 1. The lowest BCUT2D eigenvalue weighted by Crippen LogP contribution is -2.50. The van der Waals surface area contributed by atoms with Crippen LogP contribution in [0.4, 0.5) is 5.69 Å². The van der Waals surface area contributed by atoms with E-state index in [0.717, 1.165) is 6.07 Å². The lowest BCUT2D eigenvalue weighted by atomic mass is 9.86. The van der Waals surface area contributed by atoms with Crippen LogP contribution < -0.4 is 0 Å². The van der Waals surface area contributed by atoms with Gasteiger partial charge in [-0.05, 0) is 12.1 Å². The van der Waals surface area contributed by atoms with Gasteiger partial charge >= 0.3 is 0 Å². The Labute approximate surface area is 177 Å². The number of sulfonamides is 1. The predicted molar refractivity (Wildman–Crippen MR) is 110 cm³/mol. The second-order valence-corrected chi connectivity index (χ2v) is 8.59. The fourth-order valence-electron chi connectivity index (χ4n) is 3.69. The van der Waals surface area contributed by atoms with Gasteiger partial charge in [0.2, 0.25) is 5.79 Å². The topological polar surface area (TPSA) is 143 Å². The molecule has 1 aliphatic carbocycles. The number of β-amino-alcohol motifs (C(OH)–C–C–N with tert-alkyl or cyclic N) is 1. The molecule has 1 aliphatic heterocycles. The van der Waals surface area contributed by atoms with Crippen molar-refractivity contribution in [2.24, 2.45) is 4.40 Å². The average Bonchev–Trinajstić information content (AvgIpc) is 2.75. The molecule has 0 amide bonds. The largest absolute Gasteiger partial charge is 0.395 e. The molecule has 2 aliphatic rings. The van der Waals surface area contributed by atoms with Gasteiger partial charge in [0.15, 0.2) is 0 Å². The highest BCUT2D eigenvalue weighted by Crippen LogP contribution is 2.41. The Kier molecular flexibility index (Phi) is 5.35. The normalized spacial score (nSPS) is 21.9. The number of aliphatic hydroxyl groups is 2. The highest BCUT2D eigenvalue weighted by molar-refractivity contribution is 7.90. The van der Waals surface area contributed by atoms with Gasteiger partial charge in [-0.15, -0.1) is 0 Å². The molecule has 1 heterocycles. The first-order chi connectivity index (χ1) is 14.8. The molecular formula is C20H19N3O7S. The summed E-state index contributed by atoms with van der Waals surface area (Å²) in [4.78, 5) is 11.7. The fourth-order valence-corrected chi connectivity index (χ4v) is 4.73. The third-order valence-electron chi connectivity index (χ3n) is 5.12. The molecule has 10 nitrogen and oxygen atoms in total. The summed E-state index contributed by atoms with van der Waals surface area (Å²) < 4.78 is 35.5. The van der Waals surface area contributed by atoms with Gasteiger partial charge in [0, 0.05) is 36.3 Å². The molecule has 2 N–H and O–H groups in total. The summed E-state index contributed by atoms with van der Waals surface area (Å²) in [6.07, 6.45) is 1.41. The van der Waals surface area contributed by atoms with E-state index in [9.17, 15) is 28.7 Å². The van der Waals surface area contributed by atoms with Gasteiger partial charge in [-0.2, -0.15) is 12.8 Å². The smallest absolute Gasteiger partial charge is 0.283 e. The summed E-state index contributed by atoms with van der Waals surface area (Å²) in [5.41, 5.74) is 0.624. The molecule has 0 spiro atoms. The number of hydrogen-bond donors (Lipinski definition) is 2. The zero-order valence-electron chi connectivity index (χ0n) is 16.2. The number of nitro groups is 1. The molecule has 0 bridgehead atoms. The van der Waals surface area contributed by atoms with E-state index in [0.29, 0.717) is 17.7 Å². The molecule has 162 valence electrons. The van der Waals surface area contributed by atoms with E-state index >= 15 is 0 Å². The lowest BCUT2D eigenvalue weighted by molar-refractivity contribution is -0.385. The van der Waals surface area contributed by atoms with Crippen molar-refractivity contribution in [2.45, 2.75) is 10.7 Å². The Bertz CT molecular complexity index is 1210. The second kappa shape index (κ2) is 7.85.